The Labute approximate surface area is 147 Å². The molecular weight excluding hydrogens is 312 g/mol. The quantitative estimate of drug-likeness (QED) is 0.924. The molecule has 4 nitrogen and oxygen atoms in total. The first kappa shape index (κ1) is 15.9. The van der Waals surface area contributed by atoms with Gasteiger partial charge in [0.2, 0.25) is 5.91 Å². The molecule has 1 saturated heterocycles. The minimum absolute atomic E-state index is 0.0988. The Morgan fingerprint density at radius 3 is 2.56 bits per heavy atom. The minimum Gasteiger partial charge on any atom is -0.322 e. The molecule has 0 bridgehead atoms. The second kappa shape index (κ2) is 6.71. The molecule has 4 heteroatoms. The Bertz CT molecular complexity index is 828. The van der Waals surface area contributed by atoms with Gasteiger partial charge in [-0.15, -0.1) is 0 Å². The number of carbonyl (C=O) groups is 2. The molecule has 25 heavy (non-hydrogen) atoms. The van der Waals surface area contributed by atoms with Crippen LogP contribution in [0.4, 0.5) is 11.4 Å². The molecule has 0 spiro atoms. The molecule has 1 aliphatic heterocycles. The van der Waals surface area contributed by atoms with Crippen LogP contribution >= 0.6 is 0 Å². The van der Waals surface area contributed by atoms with E-state index >= 15 is 0 Å². The number of aryl methyl sites for hydroxylation is 2. The molecule has 1 heterocycles. The van der Waals surface area contributed by atoms with Gasteiger partial charge in [-0.3, -0.25) is 9.59 Å². The van der Waals surface area contributed by atoms with Crippen LogP contribution in [0.2, 0.25) is 0 Å². The van der Waals surface area contributed by atoms with Crippen molar-refractivity contribution in [2.45, 2.75) is 38.5 Å². The molecule has 4 rings (SSSR count). The molecule has 2 aliphatic rings. The molecule has 1 aliphatic carbocycles. The van der Waals surface area contributed by atoms with Gasteiger partial charge in [0.05, 0.1) is 0 Å². The number of nitrogens with one attached hydrogen (secondary N) is 1. The average molecular weight is 334 g/mol. The Morgan fingerprint density at radius 1 is 0.920 bits per heavy atom. The van der Waals surface area contributed by atoms with Crippen molar-refractivity contribution in [1.82, 2.24) is 0 Å². The summed E-state index contributed by atoms with van der Waals surface area (Å²) in [6, 6.07) is 13.6. The Balaban J connectivity index is 1.52. The first-order valence-corrected chi connectivity index (χ1v) is 9.04. The molecule has 0 unspecified atom stereocenters. The van der Waals surface area contributed by atoms with Gasteiger partial charge in [-0.25, -0.2) is 0 Å². The second-order valence-corrected chi connectivity index (χ2v) is 6.84. The zero-order chi connectivity index (χ0) is 17.2. The van der Waals surface area contributed by atoms with Crippen LogP contribution in [0, 0.1) is 0 Å². The van der Waals surface area contributed by atoms with Crippen molar-refractivity contribution in [3.63, 3.8) is 0 Å². The van der Waals surface area contributed by atoms with Crippen LogP contribution < -0.4 is 10.2 Å². The van der Waals surface area contributed by atoms with Crippen molar-refractivity contribution < 1.29 is 9.59 Å². The van der Waals surface area contributed by atoms with Gasteiger partial charge in [-0.2, -0.15) is 0 Å². The monoisotopic (exact) mass is 334 g/mol. The van der Waals surface area contributed by atoms with Gasteiger partial charge >= 0.3 is 0 Å². The number of benzene rings is 2. The summed E-state index contributed by atoms with van der Waals surface area (Å²) in [5.74, 6) is 0.0523. The third kappa shape index (κ3) is 3.29. The number of anilines is 2. The van der Waals surface area contributed by atoms with Gasteiger partial charge in [-0.1, -0.05) is 12.1 Å². The normalized spacial score (nSPS) is 16.6. The van der Waals surface area contributed by atoms with Crippen LogP contribution in [-0.2, 0) is 17.6 Å². The maximum Gasteiger partial charge on any atom is 0.255 e. The van der Waals surface area contributed by atoms with E-state index in [1.165, 1.54) is 24.0 Å². The third-order valence-electron chi connectivity index (χ3n) is 5.10. The fraction of sp³-hybridized carbons (Fsp3) is 0.333. The van der Waals surface area contributed by atoms with E-state index in [0.717, 1.165) is 37.2 Å². The zero-order valence-corrected chi connectivity index (χ0v) is 14.3. The van der Waals surface area contributed by atoms with E-state index in [-0.39, 0.29) is 11.8 Å². The number of fused-ring (bicyclic) bond motifs is 1. The molecule has 2 amide bonds. The number of carbonyl (C=O) groups excluding carboxylic acids is 2. The number of nitrogens with zero attached hydrogens (tertiary/aromatic N) is 1. The van der Waals surface area contributed by atoms with E-state index in [1.807, 2.05) is 36.4 Å². The fourth-order valence-corrected chi connectivity index (χ4v) is 3.75. The van der Waals surface area contributed by atoms with E-state index in [9.17, 15) is 9.59 Å². The maximum absolute atomic E-state index is 12.6. The van der Waals surface area contributed by atoms with Gasteiger partial charge in [0, 0.05) is 29.9 Å². The number of hydrogen-bond donors (Lipinski definition) is 1. The van der Waals surface area contributed by atoms with Gasteiger partial charge in [0.1, 0.15) is 0 Å². The highest BCUT2D eigenvalue weighted by atomic mass is 16.2. The van der Waals surface area contributed by atoms with Gasteiger partial charge in [0.15, 0.2) is 0 Å². The first-order valence-electron chi connectivity index (χ1n) is 9.04. The van der Waals surface area contributed by atoms with Gasteiger partial charge in [-0.05, 0) is 73.6 Å². The van der Waals surface area contributed by atoms with Crippen molar-refractivity contribution >= 4 is 23.2 Å². The van der Waals surface area contributed by atoms with Crippen molar-refractivity contribution in [1.29, 1.82) is 0 Å². The van der Waals surface area contributed by atoms with Crippen LogP contribution in [0.5, 0.6) is 0 Å². The number of hydrogen-bond acceptors (Lipinski definition) is 2. The molecular formula is C21H22N2O2. The highest BCUT2D eigenvalue weighted by molar-refractivity contribution is 6.05. The Morgan fingerprint density at radius 2 is 1.76 bits per heavy atom. The van der Waals surface area contributed by atoms with E-state index < -0.39 is 0 Å². The predicted octanol–water partition coefficient (Wildman–Crippen LogP) is 3.94. The molecule has 0 saturated carbocycles. The Hall–Kier alpha value is -2.62. The summed E-state index contributed by atoms with van der Waals surface area (Å²) in [5, 5.41) is 2.97. The molecule has 2 aromatic carbocycles. The van der Waals surface area contributed by atoms with E-state index in [1.54, 1.807) is 4.90 Å². The standard InChI is InChI=1S/C21H22N2O2/c24-20-9-4-12-23(20)19-8-3-7-18(14-19)22-21(25)17-11-10-15-5-1-2-6-16(15)13-17/h3,7-8,10-11,13-14H,1-2,4-6,9,12H2,(H,22,25). The molecule has 0 aromatic heterocycles. The van der Waals surface area contributed by atoms with Crippen molar-refractivity contribution in [2.24, 2.45) is 0 Å². The van der Waals surface area contributed by atoms with Crippen molar-refractivity contribution in [3.05, 3.63) is 59.2 Å². The minimum atomic E-state index is -0.0988. The number of rotatable bonds is 3. The van der Waals surface area contributed by atoms with Crippen LogP contribution in [0.1, 0.15) is 47.2 Å². The summed E-state index contributed by atoms with van der Waals surface area (Å²) in [4.78, 5) is 26.3. The highest BCUT2D eigenvalue weighted by Crippen LogP contribution is 2.25. The number of amides is 2. The molecule has 1 fully saturated rings. The molecule has 0 radical (unpaired) electrons. The lowest BCUT2D eigenvalue weighted by molar-refractivity contribution is -0.117. The summed E-state index contributed by atoms with van der Waals surface area (Å²) in [5.41, 5.74) is 4.95. The first-order chi connectivity index (χ1) is 12.2. The topological polar surface area (TPSA) is 49.4 Å². The summed E-state index contributed by atoms with van der Waals surface area (Å²) in [7, 11) is 0. The zero-order valence-electron chi connectivity index (χ0n) is 14.3. The van der Waals surface area contributed by atoms with E-state index in [4.69, 9.17) is 0 Å². The summed E-state index contributed by atoms with van der Waals surface area (Å²) in [6.07, 6.45) is 6.10. The van der Waals surface area contributed by atoms with Crippen LogP contribution in [0.25, 0.3) is 0 Å². The fourth-order valence-electron chi connectivity index (χ4n) is 3.75. The molecule has 1 N–H and O–H groups in total. The largest absolute Gasteiger partial charge is 0.322 e. The van der Waals surface area contributed by atoms with Crippen LogP contribution in [0.15, 0.2) is 42.5 Å². The lowest BCUT2D eigenvalue weighted by Gasteiger charge is -2.18. The third-order valence-corrected chi connectivity index (χ3v) is 5.10. The summed E-state index contributed by atoms with van der Waals surface area (Å²) >= 11 is 0. The van der Waals surface area contributed by atoms with Crippen molar-refractivity contribution in [3.8, 4) is 0 Å². The molecule has 128 valence electrons. The van der Waals surface area contributed by atoms with Crippen LogP contribution in [-0.4, -0.2) is 18.4 Å². The summed E-state index contributed by atoms with van der Waals surface area (Å²) in [6.45, 7) is 0.751. The SMILES string of the molecule is O=C(Nc1cccc(N2CCCC2=O)c1)c1ccc2c(c1)CCCC2. The lowest BCUT2D eigenvalue weighted by Crippen LogP contribution is -2.23. The van der Waals surface area contributed by atoms with Crippen LogP contribution in [0.3, 0.4) is 0 Å². The lowest BCUT2D eigenvalue weighted by atomic mass is 9.90. The molecule has 2 aromatic rings. The molecule has 0 atom stereocenters. The van der Waals surface area contributed by atoms with Gasteiger partial charge in [0.25, 0.3) is 5.91 Å². The van der Waals surface area contributed by atoms with E-state index in [2.05, 4.69) is 11.4 Å². The van der Waals surface area contributed by atoms with Crippen molar-refractivity contribution in [2.75, 3.05) is 16.8 Å². The predicted molar refractivity (Wildman–Crippen MR) is 99.1 cm³/mol. The maximum atomic E-state index is 12.6. The summed E-state index contributed by atoms with van der Waals surface area (Å²) < 4.78 is 0. The van der Waals surface area contributed by atoms with Gasteiger partial charge < -0.3 is 10.2 Å². The smallest absolute Gasteiger partial charge is 0.255 e. The van der Waals surface area contributed by atoms with E-state index in [0.29, 0.717) is 12.0 Å². The Kier molecular flexibility index (Phi) is 4.26. The highest BCUT2D eigenvalue weighted by Gasteiger charge is 2.22. The average Bonchev–Trinajstić information content (AvgIpc) is 3.07. The second-order valence-electron chi connectivity index (χ2n) is 6.84.